The zero-order valence-corrected chi connectivity index (χ0v) is 11.9. The van der Waals surface area contributed by atoms with Gasteiger partial charge < -0.3 is 9.67 Å². The molecule has 0 unspecified atom stereocenters. The van der Waals surface area contributed by atoms with Gasteiger partial charge in [0.1, 0.15) is 5.82 Å². The first-order valence-electron chi connectivity index (χ1n) is 6.84. The Morgan fingerprint density at radius 1 is 1.28 bits per heavy atom. The van der Waals surface area contributed by atoms with Gasteiger partial charge in [-0.3, -0.25) is 0 Å². The second kappa shape index (κ2) is 4.53. The highest BCUT2D eigenvalue weighted by Gasteiger charge is 2.36. The molecule has 4 nitrogen and oxygen atoms in total. The number of hydrogen-bond acceptors (Lipinski definition) is 4. The Kier molecular flexibility index (Phi) is 3.14. The fourth-order valence-corrected chi connectivity index (χ4v) is 3.34. The van der Waals surface area contributed by atoms with E-state index in [1.54, 1.807) is 11.8 Å². The van der Waals surface area contributed by atoms with Gasteiger partial charge in [0.2, 0.25) is 0 Å². The zero-order chi connectivity index (χ0) is 12.8. The van der Waals surface area contributed by atoms with Gasteiger partial charge in [-0.1, -0.05) is 11.8 Å². The fourth-order valence-electron chi connectivity index (χ4n) is 2.07. The molecule has 0 atom stereocenters. The van der Waals surface area contributed by atoms with Gasteiger partial charge in [0.15, 0.2) is 5.16 Å². The van der Waals surface area contributed by atoms with Crippen LogP contribution in [0, 0.1) is 0 Å². The van der Waals surface area contributed by atoms with Gasteiger partial charge >= 0.3 is 0 Å². The van der Waals surface area contributed by atoms with Crippen molar-refractivity contribution in [3.8, 4) is 0 Å². The van der Waals surface area contributed by atoms with Gasteiger partial charge in [-0.25, -0.2) is 0 Å². The highest BCUT2D eigenvalue weighted by molar-refractivity contribution is 7.99. The molecule has 100 valence electrons. The number of thioether (sulfide) groups is 1. The molecule has 0 aliphatic heterocycles. The third-order valence-corrected chi connectivity index (χ3v) is 4.44. The lowest BCUT2D eigenvalue weighted by Gasteiger charge is -2.16. The molecule has 0 amide bonds. The summed E-state index contributed by atoms with van der Waals surface area (Å²) in [5.41, 5.74) is -0.587. The summed E-state index contributed by atoms with van der Waals surface area (Å²) in [6.45, 7) is 3.71. The van der Waals surface area contributed by atoms with Gasteiger partial charge in [-0.2, -0.15) is 0 Å². The van der Waals surface area contributed by atoms with Crippen LogP contribution in [0.4, 0.5) is 0 Å². The van der Waals surface area contributed by atoms with Crippen LogP contribution in [0.3, 0.4) is 0 Å². The highest BCUT2D eigenvalue weighted by atomic mass is 32.2. The molecule has 0 aromatic carbocycles. The van der Waals surface area contributed by atoms with Crippen molar-refractivity contribution in [1.82, 2.24) is 14.8 Å². The van der Waals surface area contributed by atoms with E-state index < -0.39 is 5.60 Å². The molecule has 2 aliphatic rings. The second-order valence-corrected chi connectivity index (χ2v) is 7.19. The lowest BCUT2D eigenvalue weighted by atomic mass is 10.1. The SMILES string of the molecule is CC(C)(O)CCSc1nnc(C2CC2)n1C1CC1. The topological polar surface area (TPSA) is 50.9 Å². The molecule has 3 rings (SSSR count). The first-order valence-corrected chi connectivity index (χ1v) is 7.83. The van der Waals surface area contributed by atoms with Gasteiger partial charge in [0, 0.05) is 17.7 Å². The summed E-state index contributed by atoms with van der Waals surface area (Å²) in [6.07, 6.45) is 5.89. The Morgan fingerprint density at radius 3 is 2.56 bits per heavy atom. The largest absolute Gasteiger partial charge is 0.390 e. The molecular weight excluding hydrogens is 246 g/mol. The van der Waals surface area contributed by atoms with E-state index in [0.717, 1.165) is 17.3 Å². The number of aromatic nitrogens is 3. The van der Waals surface area contributed by atoms with E-state index in [0.29, 0.717) is 12.0 Å². The van der Waals surface area contributed by atoms with Crippen LogP contribution in [0.2, 0.25) is 0 Å². The van der Waals surface area contributed by atoms with Crippen molar-refractivity contribution < 1.29 is 5.11 Å². The van der Waals surface area contributed by atoms with Crippen LogP contribution in [0.25, 0.3) is 0 Å². The monoisotopic (exact) mass is 267 g/mol. The normalized spacial score (nSPS) is 20.4. The van der Waals surface area contributed by atoms with Crippen LogP contribution in [-0.2, 0) is 0 Å². The third kappa shape index (κ3) is 2.88. The molecule has 2 fully saturated rings. The van der Waals surface area contributed by atoms with Gasteiger partial charge in [-0.15, -0.1) is 10.2 Å². The molecule has 0 radical (unpaired) electrons. The molecule has 1 aromatic rings. The predicted octanol–water partition coefficient (Wildman–Crippen LogP) is 2.74. The van der Waals surface area contributed by atoms with Gasteiger partial charge in [0.25, 0.3) is 0 Å². The maximum absolute atomic E-state index is 9.73. The Bertz CT molecular complexity index is 430. The summed E-state index contributed by atoms with van der Waals surface area (Å²) in [5.74, 6) is 2.78. The molecule has 18 heavy (non-hydrogen) atoms. The van der Waals surface area contributed by atoms with E-state index in [9.17, 15) is 5.11 Å². The van der Waals surface area contributed by atoms with Crippen LogP contribution in [0.15, 0.2) is 5.16 Å². The summed E-state index contributed by atoms with van der Waals surface area (Å²) in [4.78, 5) is 0. The standard InChI is InChI=1S/C13H21N3OS/c1-13(2,17)7-8-18-12-15-14-11(9-3-4-9)16(12)10-5-6-10/h9-10,17H,3-8H2,1-2H3. The second-order valence-electron chi connectivity index (χ2n) is 6.13. The number of aliphatic hydroxyl groups is 1. The first-order chi connectivity index (χ1) is 8.54. The third-order valence-electron chi connectivity index (χ3n) is 3.49. The molecule has 2 saturated carbocycles. The van der Waals surface area contributed by atoms with Crippen molar-refractivity contribution in [1.29, 1.82) is 0 Å². The lowest BCUT2D eigenvalue weighted by molar-refractivity contribution is 0.0777. The number of rotatable bonds is 6. The molecule has 1 aromatic heterocycles. The summed E-state index contributed by atoms with van der Waals surface area (Å²) < 4.78 is 2.37. The van der Waals surface area contributed by atoms with Crippen molar-refractivity contribution in [3.05, 3.63) is 5.82 Å². The van der Waals surface area contributed by atoms with E-state index >= 15 is 0 Å². The minimum Gasteiger partial charge on any atom is -0.390 e. The molecule has 0 spiro atoms. The van der Waals surface area contributed by atoms with Crippen LogP contribution < -0.4 is 0 Å². The van der Waals surface area contributed by atoms with E-state index in [1.165, 1.54) is 31.5 Å². The predicted molar refractivity (Wildman–Crippen MR) is 71.9 cm³/mol. The Morgan fingerprint density at radius 2 is 2.00 bits per heavy atom. The van der Waals surface area contributed by atoms with Crippen LogP contribution in [-0.4, -0.2) is 31.2 Å². The minimum absolute atomic E-state index is 0.587. The average Bonchev–Trinajstić information content (AvgIpc) is 3.17. The highest BCUT2D eigenvalue weighted by Crippen LogP contribution is 2.46. The molecule has 1 N–H and O–H groups in total. The maximum atomic E-state index is 9.73. The lowest BCUT2D eigenvalue weighted by Crippen LogP contribution is -2.19. The van der Waals surface area contributed by atoms with Gasteiger partial charge in [-0.05, 0) is 46.0 Å². The van der Waals surface area contributed by atoms with Crippen LogP contribution in [0.5, 0.6) is 0 Å². The smallest absolute Gasteiger partial charge is 0.191 e. The quantitative estimate of drug-likeness (QED) is 0.805. The molecule has 1 heterocycles. The molecular formula is C13H21N3OS. The summed E-state index contributed by atoms with van der Waals surface area (Å²) in [7, 11) is 0. The molecule has 5 heteroatoms. The summed E-state index contributed by atoms with van der Waals surface area (Å²) in [5, 5.41) is 19.5. The molecule has 2 aliphatic carbocycles. The Labute approximate surface area is 112 Å². The van der Waals surface area contributed by atoms with Crippen molar-refractivity contribution >= 4 is 11.8 Å². The van der Waals surface area contributed by atoms with E-state index in [1.807, 2.05) is 13.8 Å². The van der Waals surface area contributed by atoms with Crippen LogP contribution >= 0.6 is 11.8 Å². The van der Waals surface area contributed by atoms with Crippen LogP contribution in [0.1, 0.15) is 63.7 Å². The van der Waals surface area contributed by atoms with Crippen molar-refractivity contribution in [2.45, 2.75) is 68.7 Å². The van der Waals surface area contributed by atoms with Crippen molar-refractivity contribution in [2.75, 3.05) is 5.75 Å². The van der Waals surface area contributed by atoms with E-state index in [-0.39, 0.29) is 0 Å². The molecule has 0 bridgehead atoms. The van der Waals surface area contributed by atoms with E-state index in [2.05, 4.69) is 14.8 Å². The molecule has 0 saturated heterocycles. The fraction of sp³-hybridized carbons (Fsp3) is 0.846. The number of nitrogens with zero attached hydrogens (tertiary/aromatic N) is 3. The minimum atomic E-state index is -0.587. The summed E-state index contributed by atoms with van der Waals surface area (Å²) in [6, 6.07) is 0.653. The van der Waals surface area contributed by atoms with Crippen molar-refractivity contribution in [2.24, 2.45) is 0 Å². The maximum Gasteiger partial charge on any atom is 0.191 e. The van der Waals surface area contributed by atoms with Crippen molar-refractivity contribution in [3.63, 3.8) is 0 Å². The van der Waals surface area contributed by atoms with Gasteiger partial charge in [0.05, 0.1) is 5.60 Å². The number of hydrogen-bond donors (Lipinski definition) is 1. The Balaban J connectivity index is 1.67. The average molecular weight is 267 g/mol. The van der Waals surface area contributed by atoms with E-state index in [4.69, 9.17) is 0 Å². The summed E-state index contributed by atoms with van der Waals surface area (Å²) >= 11 is 1.74. The first kappa shape index (κ1) is 12.5. The Hall–Kier alpha value is -0.550. The zero-order valence-electron chi connectivity index (χ0n) is 11.1.